The minimum atomic E-state index is 0.204. The molecule has 1 unspecified atom stereocenters. The molecule has 2 heteroatoms. The third-order valence-electron chi connectivity index (χ3n) is 8.89. The van der Waals surface area contributed by atoms with Crippen molar-refractivity contribution in [2.24, 2.45) is 5.92 Å². The zero-order chi connectivity index (χ0) is 30.3. The molecule has 1 aromatic carbocycles. The normalized spacial score (nSPS) is 14.5. The van der Waals surface area contributed by atoms with Crippen LogP contribution in [0.4, 0.5) is 0 Å². The van der Waals surface area contributed by atoms with Crippen LogP contribution in [0.5, 0.6) is 0 Å². The Balaban J connectivity index is 1.86. The summed E-state index contributed by atoms with van der Waals surface area (Å²) in [5.41, 5.74) is 4.39. The van der Waals surface area contributed by atoms with Crippen LogP contribution in [0.1, 0.15) is 168 Å². The van der Waals surface area contributed by atoms with Crippen LogP contribution in [0, 0.1) is 5.92 Å². The highest BCUT2D eigenvalue weighted by atomic mass is 32.1. The van der Waals surface area contributed by atoms with Gasteiger partial charge in [0.25, 0.3) is 0 Å². The van der Waals surface area contributed by atoms with Crippen molar-refractivity contribution in [3.05, 3.63) is 64.8 Å². The summed E-state index contributed by atoms with van der Waals surface area (Å²) in [4.78, 5) is 14.0. The molecule has 0 saturated carbocycles. The van der Waals surface area contributed by atoms with E-state index in [1.54, 1.807) is 0 Å². The lowest BCUT2D eigenvalue weighted by Gasteiger charge is -2.24. The maximum Gasteiger partial charge on any atom is 0.168 e. The van der Waals surface area contributed by atoms with Gasteiger partial charge in [-0.15, -0.1) is 0 Å². The first kappa shape index (κ1) is 36.4. The van der Waals surface area contributed by atoms with Crippen LogP contribution in [0.25, 0.3) is 6.08 Å². The number of allylic oxidation sites excluding steroid dienone is 5. The molecule has 0 aromatic heterocycles. The van der Waals surface area contributed by atoms with E-state index in [0.29, 0.717) is 12.3 Å². The lowest BCUT2D eigenvalue weighted by atomic mass is 9.81. The van der Waals surface area contributed by atoms with Crippen molar-refractivity contribution in [3.63, 3.8) is 0 Å². The molecule has 0 saturated heterocycles. The van der Waals surface area contributed by atoms with E-state index >= 15 is 0 Å². The number of hydrogen-bond donors (Lipinski definition) is 0. The molecular weight excluding hydrogens is 529 g/mol. The predicted molar refractivity (Wildman–Crippen MR) is 190 cm³/mol. The summed E-state index contributed by atoms with van der Waals surface area (Å²) in [6, 6.07) is 10.5. The number of benzene rings is 1. The summed E-state index contributed by atoms with van der Waals surface area (Å²) in [5, 5.41) is 0. The highest BCUT2D eigenvalue weighted by Crippen LogP contribution is 2.32. The Morgan fingerprint density at radius 2 is 1.24 bits per heavy atom. The first-order valence-corrected chi connectivity index (χ1v) is 18.3. The lowest BCUT2D eigenvalue weighted by molar-refractivity contribution is -0.114. The fraction of sp³-hybridized carbons (Fsp3) is 0.650. The van der Waals surface area contributed by atoms with Gasteiger partial charge in [0.15, 0.2) is 5.78 Å². The Labute approximate surface area is 265 Å². The van der Waals surface area contributed by atoms with Gasteiger partial charge in [0, 0.05) is 12.0 Å². The molecule has 1 atom stereocenters. The molecule has 0 N–H and O–H groups in total. The maximum atomic E-state index is 13.2. The van der Waals surface area contributed by atoms with E-state index in [1.807, 2.05) is 6.08 Å². The van der Waals surface area contributed by atoms with Crippen molar-refractivity contribution >= 4 is 28.9 Å². The van der Waals surface area contributed by atoms with Crippen LogP contribution in [-0.4, -0.2) is 10.6 Å². The van der Waals surface area contributed by atoms with Crippen molar-refractivity contribution in [1.82, 2.24) is 0 Å². The molecular formula is C40H62OS. The summed E-state index contributed by atoms with van der Waals surface area (Å²) >= 11 is 6.11. The van der Waals surface area contributed by atoms with E-state index in [4.69, 9.17) is 12.2 Å². The van der Waals surface area contributed by atoms with Gasteiger partial charge >= 0.3 is 0 Å². The van der Waals surface area contributed by atoms with E-state index in [2.05, 4.69) is 63.3 Å². The third-order valence-corrected chi connectivity index (χ3v) is 9.34. The van der Waals surface area contributed by atoms with Crippen molar-refractivity contribution in [2.75, 3.05) is 0 Å². The molecule has 0 radical (unpaired) electrons. The number of Topliss-reactive ketones (excluding diaryl/α,β-unsaturated/α-hetero) is 1. The molecule has 0 heterocycles. The summed E-state index contributed by atoms with van der Waals surface area (Å²) in [5.74, 6) is 0.610. The number of carbonyl (C=O) groups is 1. The van der Waals surface area contributed by atoms with E-state index in [-0.39, 0.29) is 5.78 Å². The smallest absolute Gasteiger partial charge is 0.168 e. The van der Waals surface area contributed by atoms with Gasteiger partial charge in [0.1, 0.15) is 0 Å². The van der Waals surface area contributed by atoms with Crippen LogP contribution in [-0.2, 0) is 4.79 Å². The number of thiocarbonyl (C=S) groups is 1. The predicted octanol–water partition coefficient (Wildman–Crippen LogP) is 13.1. The summed E-state index contributed by atoms with van der Waals surface area (Å²) in [7, 11) is 0. The zero-order valence-corrected chi connectivity index (χ0v) is 28.4. The number of carbonyl (C=O) groups excluding carboxylic acids is 1. The van der Waals surface area contributed by atoms with Gasteiger partial charge in [-0.3, -0.25) is 4.79 Å². The molecule has 1 aromatic rings. The van der Waals surface area contributed by atoms with Crippen molar-refractivity contribution in [2.45, 2.75) is 162 Å². The summed E-state index contributed by atoms with van der Waals surface area (Å²) in [6.45, 7) is 6.77. The second-order valence-corrected chi connectivity index (χ2v) is 13.1. The Bertz CT molecular complexity index is 967. The Kier molecular flexibility index (Phi) is 20.5. The van der Waals surface area contributed by atoms with Crippen LogP contribution >= 0.6 is 12.2 Å². The standard InChI is InChI=1S/C40H62OS/c1-4-7-9-10-11-12-13-14-15-16-17-18-19-20-24-29-36(25-6-3)38(32-34-27-22-21-23-28-34)40(42)37-31-30-35(26-8-5-2)33-39(37)41/h21-23,27-28,30-32,36H,4-20,24-26,29,33H2,1-3H3. The minimum Gasteiger partial charge on any atom is -0.294 e. The molecule has 1 aliphatic rings. The molecule has 0 bridgehead atoms. The maximum absolute atomic E-state index is 13.2. The molecule has 0 fully saturated rings. The third kappa shape index (κ3) is 15.1. The number of ketones is 1. The molecule has 0 amide bonds. The molecule has 42 heavy (non-hydrogen) atoms. The van der Waals surface area contributed by atoms with Gasteiger partial charge in [-0.25, -0.2) is 0 Å². The van der Waals surface area contributed by atoms with Gasteiger partial charge in [-0.2, -0.15) is 0 Å². The number of unbranched alkanes of at least 4 members (excludes halogenated alkanes) is 15. The van der Waals surface area contributed by atoms with Crippen molar-refractivity contribution in [1.29, 1.82) is 0 Å². The van der Waals surface area contributed by atoms with E-state index < -0.39 is 0 Å². The largest absolute Gasteiger partial charge is 0.294 e. The Morgan fingerprint density at radius 3 is 1.76 bits per heavy atom. The van der Waals surface area contributed by atoms with Gasteiger partial charge in [-0.1, -0.05) is 190 Å². The van der Waals surface area contributed by atoms with Crippen LogP contribution in [0.2, 0.25) is 0 Å². The minimum absolute atomic E-state index is 0.204. The average molecular weight is 591 g/mol. The van der Waals surface area contributed by atoms with E-state index in [9.17, 15) is 4.79 Å². The second-order valence-electron chi connectivity index (χ2n) is 12.7. The van der Waals surface area contributed by atoms with Crippen molar-refractivity contribution < 1.29 is 4.79 Å². The molecule has 0 aliphatic heterocycles. The van der Waals surface area contributed by atoms with Crippen molar-refractivity contribution in [3.8, 4) is 0 Å². The van der Waals surface area contributed by atoms with E-state index in [0.717, 1.165) is 49.0 Å². The fourth-order valence-electron chi connectivity index (χ4n) is 6.25. The first-order chi connectivity index (χ1) is 20.6. The van der Waals surface area contributed by atoms with Crippen LogP contribution < -0.4 is 0 Å². The highest BCUT2D eigenvalue weighted by molar-refractivity contribution is 7.81. The first-order valence-electron chi connectivity index (χ1n) is 17.8. The number of rotatable bonds is 25. The number of hydrogen-bond acceptors (Lipinski definition) is 2. The average Bonchev–Trinajstić information content (AvgIpc) is 3.00. The highest BCUT2D eigenvalue weighted by Gasteiger charge is 2.25. The van der Waals surface area contributed by atoms with Gasteiger partial charge < -0.3 is 0 Å². The molecule has 1 nitrogen and oxygen atoms in total. The zero-order valence-electron chi connectivity index (χ0n) is 27.6. The quantitative estimate of drug-likeness (QED) is 0.0640. The van der Waals surface area contributed by atoms with Gasteiger partial charge in [-0.05, 0) is 48.8 Å². The van der Waals surface area contributed by atoms with E-state index in [1.165, 1.54) is 113 Å². The molecule has 234 valence electrons. The Morgan fingerprint density at radius 1 is 0.690 bits per heavy atom. The Hall–Kier alpha value is -1.80. The SMILES string of the molecule is CCCCCCCCCCCCCCCCCC(CCC)C(=Cc1ccccc1)C(=S)C1=CC=C(CCCC)CC1=O. The summed E-state index contributed by atoms with van der Waals surface area (Å²) < 4.78 is 0. The molecule has 0 spiro atoms. The molecule has 1 aliphatic carbocycles. The fourth-order valence-corrected chi connectivity index (χ4v) is 6.66. The second kappa shape index (κ2) is 23.6. The summed E-state index contributed by atoms with van der Waals surface area (Å²) in [6.07, 6.45) is 34.6. The monoisotopic (exact) mass is 590 g/mol. The van der Waals surface area contributed by atoms with Crippen LogP contribution in [0.15, 0.2) is 59.2 Å². The van der Waals surface area contributed by atoms with Crippen LogP contribution in [0.3, 0.4) is 0 Å². The van der Waals surface area contributed by atoms with Gasteiger partial charge in [0.2, 0.25) is 0 Å². The lowest BCUT2D eigenvalue weighted by Crippen LogP contribution is -2.20. The molecule has 2 rings (SSSR count). The van der Waals surface area contributed by atoms with Gasteiger partial charge in [0.05, 0.1) is 4.86 Å². The topological polar surface area (TPSA) is 17.1 Å².